The third-order valence-corrected chi connectivity index (χ3v) is 5.66. The standard InChI is InChI=1S/C19H19N3O3S.C5H10O.C2H6/c1-19(2,23)15-8-7-13(11-21-15)17-18(25-12-22-17)26-14-5-4-6-16(24-3)20-10-9-14;1-2-4-6-5-3-1;1-2/h5-9,11-12,23H,10H2,1-3H3;1-5H2;1-2H3/b14-9+,20-16?;;. The average Bonchev–Trinajstić information content (AvgIpc) is 3.31. The van der Waals surface area contributed by atoms with Crippen LogP contribution in [0.1, 0.15) is 52.7 Å². The largest absolute Gasteiger partial charge is 0.481 e. The van der Waals surface area contributed by atoms with E-state index in [4.69, 9.17) is 13.9 Å². The molecule has 4 rings (SSSR count). The van der Waals surface area contributed by atoms with Gasteiger partial charge in [0.2, 0.25) is 5.90 Å². The highest BCUT2D eigenvalue weighted by Crippen LogP contribution is 2.35. The van der Waals surface area contributed by atoms with E-state index in [1.807, 2.05) is 32.1 Å². The fourth-order valence-electron chi connectivity index (χ4n) is 2.91. The van der Waals surface area contributed by atoms with Gasteiger partial charge in [0, 0.05) is 36.0 Å². The molecule has 0 unspecified atom stereocenters. The molecule has 0 aromatic carbocycles. The monoisotopic (exact) mass is 485 g/mol. The van der Waals surface area contributed by atoms with Crippen molar-refractivity contribution >= 4 is 17.7 Å². The van der Waals surface area contributed by atoms with Crippen molar-refractivity contribution in [2.24, 2.45) is 4.99 Å². The molecule has 0 radical (unpaired) electrons. The van der Waals surface area contributed by atoms with Crippen LogP contribution in [-0.2, 0) is 15.1 Å². The van der Waals surface area contributed by atoms with Gasteiger partial charge in [0.05, 0.1) is 19.3 Å². The van der Waals surface area contributed by atoms with Gasteiger partial charge in [-0.3, -0.25) is 4.98 Å². The van der Waals surface area contributed by atoms with Gasteiger partial charge >= 0.3 is 0 Å². The number of rotatable bonds is 4. The maximum absolute atomic E-state index is 10.0. The SMILES string of the molecule is C1CCOCC1.CC.COC1=NC/C=C(/Sc2ocnc2-c2ccc(C(C)(C)O)nc2)C=C=C1. The van der Waals surface area contributed by atoms with E-state index < -0.39 is 5.60 Å². The summed E-state index contributed by atoms with van der Waals surface area (Å²) in [5, 5.41) is 10.7. The number of ether oxygens (including phenoxy) is 2. The second-order valence-electron chi connectivity index (χ2n) is 7.70. The van der Waals surface area contributed by atoms with Gasteiger partial charge in [0.1, 0.15) is 11.3 Å². The summed E-state index contributed by atoms with van der Waals surface area (Å²) in [6.45, 7) is 9.90. The Morgan fingerprint density at radius 2 is 1.85 bits per heavy atom. The molecular weight excluding hydrogens is 450 g/mol. The van der Waals surface area contributed by atoms with Gasteiger partial charge in [-0.25, -0.2) is 9.98 Å². The summed E-state index contributed by atoms with van der Waals surface area (Å²) in [6, 6.07) is 3.66. The van der Waals surface area contributed by atoms with E-state index in [1.54, 1.807) is 39.3 Å². The summed E-state index contributed by atoms with van der Waals surface area (Å²) < 4.78 is 15.7. The third kappa shape index (κ3) is 8.95. The number of thioether (sulfide) groups is 1. The Hall–Kier alpha value is -2.64. The van der Waals surface area contributed by atoms with Crippen LogP contribution in [0.5, 0.6) is 0 Å². The molecule has 1 N–H and O–H groups in total. The second-order valence-corrected chi connectivity index (χ2v) is 8.75. The Labute approximate surface area is 206 Å². The van der Waals surface area contributed by atoms with Crippen LogP contribution < -0.4 is 0 Å². The quantitative estimate of drug-likeness (QED) is 0.537. The highest BCUT2D eigenvalue weighted by atomic mass is 32.2. The molecule has 34 heavy (non-hydrogen) atoms. The maximum Gasteiger partial charge on any atom is 0.216 e. The Balaban J connectivity index is 0.000000437. The van der Waals surface area contributed by atoms with Crippen LogP contribution in [0.15, 0.2) is 68.1 Å². The molecule has 4 heterocycles. The molecule has 8 heteroatoms. The van der Waals surface area contributed by atoms with Gasteiger partial charge in [-0.1, -0.05) is 13.8 Å². The van der Waals surface area contributed by atoms with Crippen molar-refractivity contribution in [1.82, 2.24) is 9.97 Å². The molecule has 1 fully saturated rings. The minimum absolute atomic E-state index is 0.505. The molecule has 1 saturated heterocycles. The summed E-state index contributed by atoms with van der Waals surface area (Å²) in [4.78, 5) is 13.9. The topological polar surface area (TPSA) is 90.0 Å². The molecular formula is C26H35N3O4S. The lowest BCUT2D eigenvalue weighted by molar-refractivity contribution is 0.0739. The Morgan fingerprint density at radius 1 is 1.09 bits per heavy atom. The number of methoxy groups -OCH3 is 1. The molecule has 0 atom stereocenters. The first kappa shape index (κ1) is 27.6. The first-order valence-electron chi connectivity index (χ1n) is 11.6. The van der Waals surface area contributed by atoms with Gasteiger partial charge in [-0.05, 0) is 69.2 Å². The Bertz CT molecular complexity index is 982. The molecule has 2 aromatic rings. The number of aromatic nitrogens is 2. The molecule has 2 aliphatic rings. The van der Waals surface area contributed by atoms with Crippen LogP contribution in [-0.4, -0.2) is 47.8 Å². The normalized spacial score (nSPS) is 17.0. The van der Waals surface area contributed by atoms with Crippen LogP contribution >= 0.6 is 11.8 Å². The number of nitrogens with zero attached hydrogens (tertiary/aromatic N) is 3. The summed E-state index contributed by atoms with van der Waals surface area (Å²) in [5.41, 5.74) is 4.17. The van der Waals surface area contributed by atoms with Crippen LogP contribution in [0.4, 0.5) is 0 Å². The minimum atomic E-state index is -0.984. The van der Waals surface area contributed by atoms with Crippen molar-refractivity contribution < 1.29 is 19.0 Å². The summed E-state index contributed by atoms with van der Waals surface area (Å²) >= 11 is 1.44. The van der Waals surface area contributed by atoms with E-state index in [1.165, 1.54) is 37.4 Å². The number of allylic oxidation sites excluding steroid dienone is 1. The van der Waals surface area contributed by atoms with E-state index in [-0.39, 0.29) is 0 Å². The Morgan fingerprint density at radius 3 is 2.41 bits per heavy atom. The number of pyridine rings is 1. The number of hydrogen-bond acceptors (Lipinski definition) is 8. The van der Waals surface area contributed by atoms with Crippen molar-refractivity contribution in [2.75, 3.05) is 26.9 Å². The zero-order valence-electron chi connectivity index (χ0n) is 20.7. The highest BCUT2D eigenvalue weighted by molar-refractivity contribution is 8.03. The number of hydrogen-bond donors (Lipinski definition) is 1. The number of aliphatic hydroxyl groups is 1. The average molecular weight is 486 g/mol. The molecule has 0 amide bonds. The van der Waals surface area contributed by atoms with Gasteiger partial charge in [-0.15, -0.1) is 5.73 Å². The van der Waals surface area contributed by atoms with Crippen molar-refractivity contribution in [2.45, 2.75) is 57.7 Å². The lowest BCUT2D eigenvalue weighted by Gasteiger charge is -2.16. The van der Waals surface area contributed by atoms with Crippen molar-refractivity contribution in [3.63, 3.8) is 0 Å². The molecule has 0 aliphatic carbocycles. The first-order valence-corrected chi connectivity index (χ1v) is 12.4. The predicted octanol–water partition coefficient (Wildman–Crippen LogP) is 5.92. The fraction of sp³-hybridized carbons (Fsp3) is 0.462. The highest BCUT2D eigenvalue weighted by Gasteiger charge is 2.19. The van der Waals surface area contributed by atoms with Gasteiger partial charge in [0.25, 0.3) is 0 Å². The second kappa shape index (κ2) is 14.6. The molecule has 2 aliphatic heterocycles. The zero-order valence-corrected chi connectivity index (χ0v) is 21.5. The molecule has 0 saturated carbocycles. The molecule has 0 spiro atoms. The summed E-state index contributed by atoms with van der Waals surface area (Å²) in [6.07, 6.45) is 12.5. The van der Waals surface area contributed by atoms with Crippen molar-refractivity contribution in [3.05, 3.63) is 59.3 Å². The summed E-state index contributed by atoms with van der Waals surface area (Å²) in [5.74, 6) is 0.542. The Kier molecular flexibility index (Phi) is 11.8. The third-order valence-electron chi connectivity index (χ3n) is 4.67. The molecule has 0 bridgehead atoms. The molecule has 7 nitrogen and oxygen atoms in total. The van der Waals surface area contributed by atoms with Crippen LogP contribution in [0, 0.1) is 0 Å². The van der Waals surface area contributed by atoms with Gasteiger partial charge in [-0.2, -0.15) is 0 Å². The minimum Gasteiger partial charge on any atom is -0.481 e. The van der Waals surface area contributed by atoms with Crippen molar-refractivity contribution in [3.8, 4) is 11.3 Å². The summed E-state index contributed by atoms with van der Waals surface area (Å²) in [7, 11) is 1.58. The van der Waals surface area contributed by atoms with Crippen LogP contribution in [0.25, 0.3) is 11.3 Å². The van der Waals surface area contributed by atoms with Crippen LogP contribution in [0.3, 0.4) is 0 Å². The van der Waals surface area contributed by atoms with Gasteiger partial charge < -0.3 is 19.0 Å². The number of oxazole rings is 1. The first-order chi connectivity index (χ1) is 16.5. The van der Waals surface area contributed by atoms with E-state index >= 15 is 0 Å². The van der Waals surface area contributed by atoms with Crippen LogP contribution in [0.2, 0.25) is 0 Å². The maximum atomic E-state index is 10.0. The smallest absolute Gasteiger partial charge is 0.216 e. The number of aliphatic imine (C=N–C) groups is 1. The molecule has 184 valence electrons. The van der Waals surface area contributed by atoms with E-state index in [0.717, 1.165) is 23.7 Å². The van der Waals surface area contributed by atoms with E-state index in [9.17, 15) is 5.11 Å². The van der Waals surface area contributed by atoms with Gasteiger partial charge in [0.15, 0.2) is 11.5 Å². The fourth-order valence-corrected chi connectivity index (χ4v) is 3.77. The molecule has 2 aromatic heterocycles. The zero-order chi connectivity index (χ0) is 24.8. The van der Waals surface area contributed by atoms with E-state index in [2.05, 4.69) is 20.7 Å². The van der Waals surface area contributed by atoms with Crippen molar-refractivity contribution in [1.29, 1.82) is 0 Å². The lowest BCUT2D eigenvalue weighted by Crippen LogP contribution is -2.17. The van der Waals surface area contributed by atoms with E-state index in [0.29, 0.717) is 28.9 Å². The lowest BCUT2D eigenvalue weighted by atomic mass is 10.0. The predicted molar refractivity (Wildman–Crippen MR) is 137 cm³/mol.